The quantitative estimate of drug-likeness (QED) is 0.754. The summed E-state index contributed by atoms with van der Waals surface area (Å²) in [5, 5.41) is 11.8. The van der Waals surface area contributed by atoms with Gasteiger partial charge < -0.3 is 20.1 Å². The van der Waals surface area contributed by atoms with Gasteiger partial charge in [0.05, 0.1) is 12.0 Å². The normalized spacial score (nSPS) is 21.7. The minimum absolute atomic E-state index is 0.0458. The highest BCUT2D eigenvalue weighted by atomic mass is 16.5. The molecule has 1 heterocycles. The number of aliphatic carboxylic acids is 1. The highest BCUT2D eigenvalue weighted by Crippen LogP contribution is 2.13. The summed E-state index contributed by atoms with van der Waals surface area (Å²) < 4.78 is 5.31. The molecule has 21 heavy (non-hydrogen) atoms. The van der Waals surface area contributed by atoms with Crippen LogP contribution in [0.3, 0.4) is 0 Å². The fraction of sp³-hybridized carbons (Fsp3) is 0.867. The molecule has 2 N–H and O–H groups in total. The molecule has 2 amide bonds. The van der Waals surface area contributed by atoms with Crippen LogP contribution in [0.1, 0.15) is 46.0 Å². The van der Waals surface area contributed by atoms with E-state index in [1.54, 1.807) is 18.9 Å². The van der Waals surface area contributed by atoms with Crippen molar-refractivity contribution in [3.8, 4) is 0 Å². The van der Waals surface area contributed by atoms with Gasteiger partial charge in [0.2, 0.25) is 0 Å². The van der Waals surface area contributed by atoms with E-state index in [1.165, 1.54) is 0 Å². The molecule has 0 saturated carbocycles. The Morgan fingerprint density at radius 2 is 2.10 bits per heavy atom. The lowest BCUT2D eigenvalue weighted by atomic mass is 10.0. The van der Waals surface area contributed by atoms with E-state index >= 15 is 0 Å². The van der Waals surface area contributed by atoms with Crippen molar-refractivity contribution in [1.82, 2.24) is 10.2 Å². The number of carbonyl (C=O) groups excluding carboxylic acids is 1. The lowest BCUT2D eigenvalue weighted by Gasteiger charge is -2.32. The van der Waals surface area contributed by atoms with Crippen molar-refractivity contribution in [2.24, 2.45) is 5.92 Å². The second-order valence-corrected chi connectivity index (χ2v) is 5.97. The maximum Gasteiger partial charge on any atom is 0.317 e. The van der Waals surface area contributed by atoms with Gasteiger partial charge in [-0.2, -0.15) is 0 Å². The SMILES string of the molecule is COC1CCCN(C(=O)NC(C)CCCC(C)C(=O)O)C1. The van der Waals surface area contributed by atoms with E-state index < -0.39 is 5.97 Å². The maximum atomic E-state index is 12.1. The van der Waals surface area contributed by atoms with Crippen LogP contribution in [0.4, 0.5) is 4.79 Å². The number of hydrogen-bond donors (Lipinski definition) is 2. The van der Waals surface area contributed by atoms with Gasteiger partial charge in [0.15, 0.2) is 0 Å². The number of methoxy groups -OCH3 is 1. The fourth-order valence-electron chi connectivity index (χ4n) is 2.54. The second-order valence-electron chi connectivity index (χ2n) is 5.97. The number of carboxylic acid groups (broad SMARTS) is 1. The Morgan fingerprint density at radius 3 is 2.71 bits per heavy atom. The predicted molar refractivity (Wildman–Crippen MR) is 80.2 cm³/mol. The van der Waals surface area contributed by atoms with E-state index in [2.05, 4.69) is 5.32 Å². The lowest BCUT2D eigenvalue weighted by Crippen LogP contribution is -2.49. The van der Waals surface area contributed by atoms with Crippen molar-refractivity contribution >= 4 is 12.0 Å². The molecule has 0 aliphatic carbocycles. The van der Waals surface area contributed by atoms with Crippen LogP contribution in [0.2, 0.25) is 0 Å². The summed E-state index contributed by atoms with van der Waals surface area (Å²) >= 11 is 0. The zero-order valence-electron chi connectivity index (χ0n) is 13.3. The van der Waals surface area contributed by atoms with Crippen LogP contribution in [0.5, 0.6) is 0 Å². The van der Waals surface area contributed by atoms with Gasteiger partial charge in [-0.05, 0) is 32.6 Å². The maximum absolute atomic E-state index is 12.1. The minimum atomic E-state index is -0.759. The Morgan fingerprint density at radius 1 is 1.38 bits per heavy atom. The predicted octanol–water partition coefficient (Wildman–Crippen LogP) is 2.09. The van der Waals surface area contributed by atoms with E-state index in [1.807, 2.05) is 6.92 Å². The summed E-state index contributed by atoms with van der Waals surface area (Å²) in [6.45, 7) is 5.09. The third kappa shape index (κ3) is 6.33. The molecular formula is C15H28N2O4. The molecule has 0 bridgehead atoms. The third-order valence-corrected chi connectivity index (χ3v) is 4.06. The van der Waals surface area contributed by atoms with Gasteiger partial charge in [0.1, 0.15) is 0 Å². The summed E-state index contributed by atoms with van der Waals surface area (Å²) in [7, 11) is 1.68. The molecule has 1 fully saturated rings. The Bertz CT molecular complexity index is 349. The van der Waals surface area contributed by atoms with E-state index in [4.69, 9.17) is 9.84 Å². The average Bonchev–Trinajstić information content (AvgIpc) is 2.46. The molecule has 6 heteroatoms. The topological polar surface area (TPSA) is 78.9 Å². The Balaban J connectivity index is 2.25. The number of piperidine rings is 1. The van der Waals surface area contributed by atoms with Crippen LogP contribution >= 0.6 is 0 Å². The number of carbonyl (C=O) groups is 2. The summed E-state index contributed by atoms with van der Waals surface area (Å²) in [6.07, 6.45) is 4.35. The highest BCUT2D eigenvalue weighted by molar-refractivity contribution is 5.74. The molecule has 1 rings (SSSR count). The molecule has 1 saturated heterocycles. The lowest BCUT2D eigenvalue weighted by molar-refractivity contribution is -0.141. The van der Waals surface area contributed by atoms with Crippen molar-refractivity contribution < 1.29 is 19.4 Å². The first-order valence-corrected chi connectivity index (χ1v) is 7.75. The number of ether oxygens (including phenoxy) is 1. The fourth-order valence-corrected chi connectivity index (χ4v) is 2.54. The second kappa shape index (κ2) is 8.87. The molecule has 0 aromatic heterocycles. The van der Waals surface area contributed by atoms with Crippen LogP contribution < -0.4 is 5.32 Å². The molecule has 3 atom stereocenters. The monoisotopic (exact) mass is 300 g/mol. The summed E-state index contributed by atoms with van der Waals surface area (Å²) in [4.78, 5) is 24.7. The standard InChI is InChI=1S/C15H28N2O4/c1-11(14(18)19)6-4-7-12(2)16-15(20)17-9-5-8-13(10-17)21-3/h11-13H,4-10H2,1-3H3,(H,16,20)(H,18,19). The van der Waals surface area contributed by atoms with Crippen LogP contribution in [0, 0.1) is 5.92 Å². The van der Waals surface area contributed by atoms with Crippen LogP contribution in [0.25, 0.3) is 0 Å². The molecular weight excluding hydrogens is 272 g/mol. The molecule has 3 unspecified atom stereocenters. The van der Waals surface area contributed by atoms with Crippen molar-refractivity contribution in [3.63, 3.8) is 0 Å². The van der Waals surface area contributed by atoms with Gasteiger partial charge in [0, 0.05) is 26.2 Å². The van der Waals surface area contributed by atoms with Gasteiger partial charge in [0.25, 0.3) is 0 Å². The first-order valence-electron chi connectivity index (χ1n) is 7.75. The van der Waals surface area contributed by atoms with Crippen LogP contribution in [-0.2, 0) is 9.53 Å². The van der Waals surface area contributed by atoms with Crippen LogP contribution in [0.15, 0.2) is 0 Å². The van der Waals surface area contributed by atoms with Crippen molar-refractivity contribution in [3.05, 3.63) is 0 Å². The number of rotatable bonds is 7. The largest absolute Gasteiger partial charge is 0.481 e. The molecule has 6 nitrogen and oxygen atoms in total. The van der Waals surface area contributed by atoms with Gasteiger partial charge >= 0.3 is 12.0 Å². The number of likely N-dealkylation sites (tertiary alicyclic amines) is 1. The number of carboxylic acids is 1. The zero-order chi connectivity index (χ0) is 15.8. The number of nitrogens with zero attached hydrogens (tertiary/aromatic N) is 1. The molecule has 0 aromatic carbocycles. The Kier molecular flexibility index (Phi) is 7.50. The van der Waals surface area contributed by atoms with E-state index in [-0.39, 0.29) is 24.1 Å². The Hall–Kier alpha value is -1.30. The molecule has 1 aliphatic heterocycles. The Labute approximate surface area is 126 Å². The first-order chi connectivity index (χ1) is 9.93. The smallest absolute Gasteiger partial charge is 0.317 e. The molecule has 0 spiro atoms. The minimum Gasteiger partial charge on any atom is -0.481 e. The summed E-state index contributed by atoms with van der Waals surface area (Å²) in [5.74, 6) is -1.08. The highest BCUT2D eigenvalue weighted by Gasteiger charge is 2.24. The van der Waals surface area contributed by atoms with E-state index in [0.29, 0.717) is 13.0 Å². The molecule has 0 radical (unpaired) electrons. The number of hydrogen-bond acceptors (Lipinski definition) is 3. The van der Waals surface area contributed by atoms with Gasteiger partial charge in [-0.3, -0.25) is 4.79 Å². The molecule has 122 valence electrons. The van der Waals surface area contributed by atoms with Crippen molar-refractivity contribution in [1.29, 1.82) is 0 Å². The van der Waals surface area contributed by atoms with E-state index in [0.717, 1.165) is 32.2 Å². The van der Waals surface area contributed by atoms with E-state index in [9.17, 15) is 9.59 Å². The molecule has 1 aliphatic rings. The number of amides is 2. The number of nitrogens with one attached hydrogen (secondary N) is 1. The third-order valence-electron chi connectivity index (χ3n) is 4.06. The zero-order valence-corrected chi connectivity index (χ0v) is 13.3. The summed E-state index contributed by atoms with van der Waals surface area (Å²) in [5.41, 5.74) is 0. The van der Waals surface area contributed by atoms with Crippen molar-refractivity contribution in [2.75, 3.05) is 20.2 Å². The van der Waals surface area contributed by atoms with Gasteiger partial charge in [-0.25, -0.2) is 4.79 Å². The number of urea groups is 1. The van der Waals surface area contributed by atoms with Gasteiger partial charge in [-0.15, -0.1) is 0 Å². The van der Waals surface area contributed by atoms with Crippen molar-refractivity contribution in [2.45, 2.75) is 58.1 Å². The summed E-state index contributed by atoms with van der Waals surface area (Å²) in [6, 6.07) is 0.0111. The first kappa shape index (κ1) is 17.8. The molecule has 0 aromatic rings. The van der Waals surface area contributed by atoms with Gasteiger partial charge in [-0.1, -0.05) is 13.3 Å². The van der Waals surface area contributed by atoms with Crippen LogP contribution in [-0.4, -0.2) is 54.4 Å². The average molecular weight is 300 g/mol.